The number of aromatic carboxylic acids is 1. The van der Waals surface area contributed by atoms with E-state index in [-0.39, 0.29) is 17.5 Å². The minimum atomic E-state index is -0.954. The van der Waals surface area contributed by atoms with Gasteiger partial charge in [0.05, 0.1) is 17.3 Å². The second kappa shape index (κ2) is 7.70. The number of piperidine rings is 1. The monoisotopic (exact) mass is 381 g/mol. The summed E-state index contributed by atoms with van der Waals surface area (Å²) in [6.45, 7) is 8.45. The van der Waals surface area contributed by atoms with Crippen molar-refractivity contribution in [1.82, 2.24) is 14.9 Å². The number of amides is 1. The van der Waals surface area contributed by atoms with Crippen molar-refractivity contribution in [2.45, 2.75) is 53.0 Å². The maximum atomic E-state index is 13.0. The summed E-state index contributed by atoms with van der Waals surface area (Å²) in [6.07, 6.45) is 2.88. The molecule has 2 aromatic rings. The molecule has 1 N–H and O–H groups in total. The van der Waals surface area contributed by atoms with E-state index in [1.54, 1.807) is 24.3 Å². The molecule has 0 radical (unpaired) electrons. The topological polar surface area (TPSA) is 83.4 Å². The van der Waals surface area contributed by atoms with Gasteiger partial charge in [-0.25, -0.2) is 14.8 Å². The molecule has 6 nitrogen and oxygen atoms in total. The highest BCUT2D eigenvalue weighted by molar-refractivity contribution is 5.88. The summed E-state index contributed by atoms with van der Waals surface area (Å²) in [6, 6.07) is 8.42. The second-order valence-electron chi connectivity index (χ2n) is 8.40. The van der Waals surface area contributed by atoms with E-state index in [4.69, 9.17) is 10.1 Å². The summed E-state index contributed by atoms with van der Waals surface area (Å²) >= 11 is 0. The van der Waals surface area contributed by atoms with Gasteiger partial charge < -0.3 is 10.0 Å². The first-order chi connectivity index (χ1) is 13.2. The van der Waals surface area contributed by atoms with Crippen molar-refractivity contribution in [2.75, 3.05) is 6.54 Å². The summed E-state index contributed by atoms with van der Waals surface area (Å²) in [7, 11) is 0. The molecule has 0 spiro atoms. The lowest BCUT2D eigenvalue weighted by Crippen LogP contribution is -2.44. The first-order valence-corrected chi connectivity index (χ1v) is 9.67. The highest BCUT2D eigenvalue weighted by atomic mass is 16.4. The van der Waals surface area contributed by atoms with Crippen LogP contribution in [-0.2, 0) is 4.79 Å². The van der Waals surface area contributed by atoms with Gasteiger partial charge in [-0.1, -0.05) is 32.9 Å². The molecule has 1 saturated heterocycles. The summed E-state index contributed by atoms with van der Waals surface area (Å²) in [5, 5.41) is 9.09. The van der Waals surface area contributed by atoms with Crippen molar-refractivity contribution in [1.29, 1.82) is 0 Å². The van der Waals surface area contributed by atoms with Gasteiger partial charge in [0, 0.05) is 23.2 Å². The molecule has 148 valence electrons. The molecule has 1 aromatic heterocycles. The van der Waals surface area contributed by atoms with Crippen LogP contribution in [0.25, 0.3) is 11.3 Å². The lowest BCUT2D eigenvalue weighted by atomic mass is 9.91. The number of nitrogens with zero attached hydrogens (tertiary/aromatic N) is 3. The molecule has 0 bridgehead atoms. The normalized spacial score (nSPS) is 17.4. The van der Waals surface area contributed by atoms with Gasteiger partial charge in [0.15, 0.2) is 5.82 Å². The van der Waals surface area contributed by atoms with Gasteiger partial charge in [0.1, 0.15) is 0 Å². The van der Waals surface area contributed by atoms with Crippen molar-refractivity contribution >= 4 is 11.9 Å². The summed E-state index contributed by atoms with van der Waals surface area (Å²) in [5.41, 5.74) is 2.20. The number of carboxylic acids is 1. The number of carbonyl (C=O) groups excluding carboxylic acids is 1. The van der Waals surface area contributed by atoms with Crippen LogP contribution in [0.3, 0.4) is 0 Å². The van der Waals surface area contributed by atoms with Crippen LogP contribution in [0.4, 0.5) is 0 Å². The van der Waals surface area contributed by atoms with Crippen molar-refractivity contribution in [2.24, 2.45) is 5.41 Å². The number of aromatic nitrogens is 2. The quantitative estimate of drug-likeness (QED) is 0.859. The van der Waals surface area contributed by atoms with Gasteiger partial charge in [0.25, 0.3) is 0 Å². The predicted octanol–water partition coefficient (Wildman–Crippen LogP) is 4.25. The summed E-state index contributed by atoms with van der Waals surface area (Å²) in [5.74, 6) is -0.172. The standard InChI is InChI=1S/C22H27N3O3/c1-14-13-17(15-8-10-16(11-9-15)20(26)27)24-19(23-14)18-7-5-6-12-25(18)21(28)22(2,3)4/h8-11,13,18H,5-7,12H2,1-4H3,(H,26,27)/t18-/m0/s1. The summed E-state index contributed by atoms with van der Waals surface area (Å²) in [4.78, 5) is 35.4. The number of rotatable bonds is 3. The Balaban J connectivity index is 1.97. The van der Waals surface area contributed by atoms with E-state index in [1.165, 1.54) is 0 Å². The first kappa shape index (κ1) is 20.0. The second-order valence-corrected chi connectivity index (χ2v) is 8.40. The smallest absolute Gasteiger partial charge is 0.335 e. The van der Waals surface area contributed by atoms with E-state index < -0.39 is 11.4 Å². The van der Waals surface area contributed by atoms with Crippen molar-refractivity contribution in [3.8, 4) is 11.3 Å². The Hall–Kier alpha value is -2.76. The number of hydrogen-bond donors (Lipinski definition) is 1. The molecule has 1 atom stereocenters. The highest BCUT2D eigenvalue weighted by Gasteiger charge is 2.35. The number of carbonyl (C=O) groups is 2. The Kier molecular flexibility index (Phi) is 5.49. The van der Waals surface area contributed by atoms with Gasteiger partial charge >= 0.3 is 5.97 Å². The van der Waals surface area contributed by atoms with Crippen LogP contribution in [0.5, 0.6) is 0 Å². The fraction of sp³-hybridized carbons (Fsp3) is 0.455. The number of likely N-dealkylation sites (tertiary alicyclic amines) is 1. The third-order valence-electron chi connectivity index (χ3n) is 5.00. The zero-order valence-corrected chi connectivity index (χ0v) is 16.9. The van der Waals surface area contributed by atoms with Crippen LogP contribution in [0.2, 0.25) is 0 Å². The van der Waals surface area contributed by atoms with Crippen LogP contribution >= 0.6 is 0 Å². The van der Waals surface area contributed by atoms with Crippen molar-refractivity contribution in [3.05, 3.63) is 47.4 Å². The van der Waals surface area contributed by atoms with E-state index >= 15 is 0 Å². The minimum absolute atomic E-state index is 0.120. The van der Waals surface area contributed by atoms with Crippen LogP contribution in [0.1, 0.15) is 68.0 Å². The van der Waals surface area contributed by atoms with Gasteiger partial charge in [-0.05, 0) is 44.4 Å². The highest BCUT2D eigenvalue weighted by Crippen LogP contribution is 2.33. The molecule has 1 aliphatic heterocycles. The number of hydrogen-bond acceptors (Lipinski definition) is 4. The fourth-order valence-electron chi connectivity index (χ4n) is 3.55. The largest absolute Gasteiger partial charge is 0.478 e. The van der Waals surface area contributed by atoms with Crippen molar-refractivity contribution in [3.63, 3.8) is 0 Å². The first-order valence-electron chi connectivity index (χ1n) is 9.67. The van der Waals surface area contributed by atoms with Crippen LogP contribution < -0.4 is 0 Å². The van der Waals surface area contributed by atoms with Gasteiger partial charge in [-0.3, -0.25) is 4.79 Å². The van der Waals surface area contributed by atoms with Crippen LogP contribution in [0.15, 0.2) is 30.3 Å². The van der Waals surface area contributed by atoms with Gasteiger partial charge in [-0.15, -0.1) is 0 Å². The van der Waals surface area contributed by atoms with E-state index in [0.29, 0.717) is 5.82 Å². The SMILES string of the molecule is Cc1cc(-c2ccc(C(=O)O)cc2)nc([C@@H]2CCCCN2C(=O)C(C)(C)C)n1. The zero-order valence-electron chi connectivity index (χ0n) is 16.9. The van der Waals surface area contributed by atoms with Gasteiger partial charge in [0.2, 0.25) is 5.91 Å². The predicted molar refractivity (Wildman–Crippen MR) is 107 cm³/mol. The molecule has 0 aliphatic carbocycles. The van der Waals surface area contributed by atoms with E-state index in [0.717, 1.165) is 42.8 Å². The Morgan fingerprint density at radius 1 is 1.11 bits per heavy atom. The number of aryl methyl sites for hydroxylation is 1. The third-order valence-corrected chi connectivity index (χ3v) is 5.00. The number of carboxylic acid groups (broad SMARTS) is 1. The molecule has 6 heteroatoms. The number of benzene rings is 1. The lowest BCUT2D eigenvalue weighted by molar-refractivity contribution is -0.143. The average molecular weight is 381 g/mol. The third kappa shape index (κ3) is 4.21. The Labute approximate surface area is 165 Å². The van der Waals surface area contributed by atoms with E-state index in [1.807, 2.05) is 38.7 Å². The zero-order chi connectivity index (χ0) is 20.5. The molecule has 1 aliphatic rings. The van der Waals surface area contributed by atoms with Crippen molar-refractivity contribution < 1.29 is 14.7 Å². The Bertz CT molecular complexity index is 885. The van der Waals surface area contributed by atoms with Gasteiger partial charge in [-0.2, -0.15) is 0 Å². The maximum Gasteiger partial charge on any atom is 0.335 e. The lowest BCUT2D eigenvalue weighted by Gasteiger charge is -2.38. The molecular weight excluding hydrogens is 354 g/mol. The Morgan fingerprint density at radius 3 is 2.39 bits per heavy atom. The molecule has 0 unspecified atom stereocenters. The molecule has 1 aromatic carbocycles. The molecule has 28 heavy (non-hydrogen) atoms. The van der Waals surface area contributed by atoms with E-state index in [2.05, 4.69) is 4.98 Å². The van der Waals surface area contributed by atoms with Crippen LogP contribution in [-0.4, -0.2) is 38.4 Å². The van der Waals surface area contributed by atoms with E-state index in [9.17, 15) is 9.59 Å². The summed E-state index contributed by atoms with van der Waals surface area (Å²) < 4.78 is 0. The molecule has 1 fully saturated rings. The molecule has 0 saturated carbocycles. The molecule has 1 amide bonds. The Morgan fingerprint density at radius 2 is 1.79 bits per heavy atom. The average Bonchev–Trinajstić information content (AvgIpc) is 2.66. The minimum Gasteiger partial charge on any atom is -0.478 e. The molecule has 2 heterocycles. The van der Waals surface area contributed by atoms with Crippen LogP contribution in [0, 0.1) is 12.3 Å². The maximum absolute atomic E-state index is 13.0. The fourth-order valence-corrected chi connectivity index (χ4v) is 3.55. The molecule has 3 rings (SSSR count). The molecular formula is C22H27N3O3.